The van der Waals surface area contributed by atoms with Crippen molar-refractivity contribution in [3.05, 3.63) is 35.4 Å². The molecule has 0 unspecified atom stereocenters. The number of piperidine rings is 1. The van der Waals surface area contributed by atoms with Gasteiger partial charge >= 0.3 is 0 Å². The third-order valence-electron chi connectivity index (χ3n) is 4.17. The summed E-state index contributed by atoms with van der Waals surface area (Å²) in [5.41, 5.74) is 6.55. The Labute approximate surface area is 144 Å². The van der Waals surface area contributed by atoms with Crippen LogP contribution in [0.25, 0.3) is 0 Å². The van der Waals surface area contributed by atoms with Crippen LogP contribution >= 0.6 is 24.8 Å². The van der Waals surface area contributed by atoms with Crippen LogP contribution in [-0.4, -0.2) is 31.1 Å². The minimum Gasteiger partial charge on any atom is -0.330 e. The summed E-state index contributed by atoms with van der Waals surface area (Å²) in [6.07, 6.45) is 2.56. The smallest absolute Gasteiger partial charge is 0.0995 e. The van der Waals surface area contributed by atoms with Gasteiger partial charge in [-0.25, -0.2) is 0 Å². The highest BCUT2D eigenvalue weighted by atomic mass is 35.5. The lowest BCUT2D eigenvalue weighted by Crippen LogP contribution is -2.42. The van der Waals surface area contributed by atoms with Crippen LogP contribution in [0.5, 0.6) is 0 Å². The molecule has 1 fully saturated rings. The Morgan fingerprint density at radius 3 is 2.32 bits per heavy atom. The van der Waals surface area contributed by atoms with Crippen molar-refractivity contribution in [2.75, 3.05) is 26.2 Å². The molecular weight excluding hydrogens is 319 g/mol. The highest BCUT2D eigenvalue weighted by molar-refractivity contribution is 5.85. The summed E-state index contributed by atoms with van der Waals surface area (Å²) >= 11 is 0. The molecule has 6 heteroatoms. The number of halogens is 2. The van der Waals surface area contributed by atoms with Gasteiger partial charge < -0.3 is 10.6 Å². The Morgan fingerprint density at radius 1 is 1.14 bits per heavy atom. The van der Waals surface area contributed by atoms with E-state index in [1.54, 1.807) is 6.07 Å². The van der Waals surface area contributed by atoms with Gasteiger partial charge in [-0.3, -0.25) is 0 Å². The van der Waals surface area contributed by atoms with Crippen LogP contribution in [0.2, 0.25) is 0 Å². The molecule has 1 heterocycles. The summed E-state index contributed by atoms with van der Waals surface area (Å²) in [4.78, 5) is 2.36. The van der Waals surface area contributed by atoms with Crippen LogP contribution < -0.4 is 5.73 Å². The van der Waals surface area contributed by atoms with E-state index >= 15 is 0 Å². The maximum atomic E-state index is 9.68. The normalized spacial score (nSPS) is 16.5. The maximum absolute atomic E-state index is 9.68. The quantitative estimate of drug-likeness (QED) is 0.913. The topological polar surface area (TPSA) is 76.8 Å². The third kappa shape index (κ3) is 4.35. The van der Waals surface area contributed by atoms with E-state index in [2.05, 4.69) is 17.0 Å². The SMILES string of the molecule is Cl.Cl.N#Cc1ccccc1C1(C#N)CCN(CCCN)CC1. The zero-order valence-corrected chi connectivity index (χ0v) is 14.1. The van der Waals surface area contributed by atoms with E-state index in [1.807, 2.05) is 18.2 Å². The monoisotopic (exact) mass is 340 g/mol. The van der Waals surface area contributed by atoms with Crippen molar-refractivity contribution in [3.8, 4) is 12.1 Å². The van der Waals surface area contributed by atoms with Gasteiger partial charge in [-0.05, 0) is 57.1 Å². The second-order valence-electron chi connectivity index (χ2n) is 5.34. The van der Waals surface area contributed by atoms with Crippen LogP contribution in [-0.2, 0) is 5.41 Å². The van der Waals surface area contributed by atoms with Crippen molar-refractivity contribution in [3.63, 3.8) is 0 Å². The summed E-state index contributed by atoms with van der Waals surface area (Å²) in [5.74, 6) is 0. The van der Waals surface area contributed by atoms with E-state index < -0.39 is 5.41 Å². The van der Waals surface area contributed by atoms with Crippen LogP contribution in [0.4, 0.5) is 0 Å². The first-order valence-electron chi connectivity index (χ1n) is 7.09. The molecule has 0 aliphatic carbocycles. The Bertz CT molecular complexity index is 540. The van der Waals surface area contributed by atoms with Gasteiger partial charge in [0.2, 0.25) is 0 Å². The van der Waals surface area contributed by atoms with Crippen LogP contribution in [0, 0.1) is 22.7 Å². The molecule has 2 rings (SSSR count). The zero-order chi connectivity index (χ0) is 14.4. The lowest BCUT2D eigenvalue weighted by atomic mass is 9.72. The first-order chi connectivity index (χ1) is 9.75. The Balaban J connectivity index is 0.00000220. The lowest BCUT2D eigenvalue weighted by Gasteiger charge is -2.38. The number of hydrogen-bond acceptors (Lipinski definition) is 4. The summed E-state index contributed by atoms with van der Waals surface area (Å²) < 4.78 is 0. The molecule has 1 aromatic carbocycles. The van der Waals surface area contributed by atoms with Gasteiger partial charge in [-0.1, -0.05) is 18.2 Å². The van der Waals surface area contributed by atoms with Crippen molar-refractivity contribution in [1.82, 2.24) is 4.90 Å². The molecule has 1 aromatic rings. The van der Waals surface area contributed by atoms with Crippen molar-refractivity contribution >= 4 is 24.8 Å². The van der Waals surface area contributed by atoms with Crippen LogP contribution in [0.3, 0.4) is 0 Å². The Hall–Kier alpha value is -1.30. The molecule has 0 spiro atoms. The zero-order valence-electron chi connectivity index (χ0n) is 12.5. The minimum atomic E-state index is -0.508. The molecule has 1 aliphatic heterocycles. The van der Waals surface area contributed by atoms with Gasteiger partial charge in [0.25, 0.3) is 0 Å². The third-order valence-corrected chi connectivity index (χ3v) is 4.17. The van der Waals surface area contributed by atoms with E-state index in [-0.39, 0.29) is 24.8 Å². The summed E-state index contributed by atoms with van der Waals surface area (Å²) in [6, 6.07) is 12.2. The summed E-state index contributed by atoms with van der Waals surface area (Å²) in [7, 11) is 0. The van der Waals surface area contributed by atoms with Gasteiger partial charge in [0.05, 0.1) is 23.1 Å². The van der Waals surface area contributed by atoms with Crippen molar-refractivity contribution in [2.24, 2.45) is 5.73 Å². The predicted octanol–water partition coefficient (Wildman–Crippen LogP) is 2.61. The predicted molar refractivity (Wildman–Crippen MR) is 92.3 cm³/mol. The molecule has 0 amide bonds. The number of nitriles is 2. The molecule has 0 atom stereocenters. The highest BCUT2D eigenvalue weighted by Gasteiger charge is 2.37. The summed E-state index contributed by atoms with van der Waals surface area (Å²) in [5, 5.41) is 18.9. The first-order valence-corrected chi connectivity index (χ1v) is 7.09. The number of hydrogen-bond donors (Lipinski definition) is 1. The molecular formula is C16H22Cl2N4. The lowest BCUT2D eigenvalue weighted by molar-refractivity contribution is 0.185. The molecule has 0 aromatic heterocycles. The fourth-order valence-corrected chi connectivity index (χ4v) is 2.91. The van der Waals surface area contributed by atoms with E-state index in [1.165, 1.54) is 0 Å². The largest absolute Gasteiger partial charge is 0.330 e. The van der Waals surface area contributed by atoms with Gasteiger partial charge in [0.1, 0.15) is 0 Å². The molecule has 1 aliphatic rings. The van der Waals surface area contributed by atoms with E-state index in [4.69, 9.17) is 5.73 Å². The van der Waals surface area contributed by atoms with Gasteiger partial charge in [0, 0.05) is 0 Å². The molecule has 1 saturated heterocycles. The summed E-state index contributed by atoms with van der Waals surface area (Å²) in [6.45, 7) is 3.50. The number of nitrogens with zero attached hydrogens (tertiary/aromatic N) is 3. The van der Waals surface area contributed by atoms with Crippen molar-refractivity contribution < 1.29 is 0 Å². The minimum absolute atomic E-state index is 0. The molecule has 2 N–H and O–H groups in total. The molecule has 0 saturated carbocycles. The average Bonchev–Trinajstić information content (AvgIpc) is 2.53. The van der Waals surface area contributed by atoms with Crippen LogP contribution in [0.1, 0.15) is 30.4 Å². The number of rotatable bonds is 4. The van der Waals surface area contributed by atoms with E-state index in [9.17, 15) is 10.5 Å². The molecule has 0 bridgehead atoms. The maximum Gasteiger partial charge on any atom is 0.0995 e. The molecule has 22 heavy (non-hydrogen) atoms. The van der Waals surface area contributed by atoms with Crippen molar-refractivity contribution in [1.29, 1.82) is 10.5 Å². The molecule has 4 nitrogen and oxygen atoms in total. The second-order valence-corrected chi connectivity index (χ2v) is 5.34. The average molecular weight is 341 g/mol. The van der Waals surface area contributed by atoms with Crippen molar-refractivity contribution in [2.45, 2.75) is 24.7 Å². The molecule has 120 valence electrons. The standard InChI is InChI=1S/C16H20N4.2ClH/c17-8-3-9-20-10-6-16(13-19,7-11-20)15-5-2-1-4-14(15)12-18;;/h1-2,4-5H,3,6-11,17H2;2*1H. The Morgan fingerprint density at radius 2 is 1.77 bits per heavy atom. The number of likely N-dealkylation sites (tertiary alicyclic amines) is 1. The van der Waals surface area contributed by atoms with Gasteiger partial charge in [0.15, 0.2) is 0 Å². The van der Waals surface area contributed by atoms with Crippen LogP contribution in [0.15, 0.2) is 24.3 Å². The number of nitrogens with two attached hydrogens (primary N) is 1. The van der Waals surface area contributed by atoms with Gasteiger partial charge in [-0.15, -0.1) is 24.8 Å². The van der Waals surface area contributed by atoms with E-state index in [0.29, 0.717) is 12.1 Å². The second kappa shape index (κ2) is 9.66. The van der Waals surface area contributed by atoms with Gasteiger partial charge in [-0.2, -0.15) is 10.5 Å². The molecule has 0 radical (unpaired) electrons. The Kier molecular flexibility index (Phi) is 9.09. The fraction of sp³-hybridized carbons (Fsp3) is 0.500. The first kappa shape index (κ1) is 20.7. The fourth-order valence-electron chi connectivity index (χ4n) is 2.91. The number of benzene rings is 1. The van der Waals surface area contributed by atoms with E-state index in [0.717, 1.165) is 44.5 Å². The highest BCUT2D eigenvalue weighted by Crippen LogP contribution is 2.36.